The van der Waals surface area contributed by atoms with Crippen molar-refractivity contribution < 1.29 is 23.9 Å². The van der Waals surface area contributed by atoms with Crippen LogP contribution in [-0.2, 0) is 19.1 Å². The molecular weight excluding hydrogens is 450 g/mol. The molecule has 10 nitrogen and oxygen atoms in total. The summed E-state index contributed by atoms with van der Waals surface area (Å²) in [6.07, 6.45) is 4.71. The molecule has 3 saturated heterocycles. The number of amides is 4. The van der Waals surface area contributed by atoms with Crippen molar-refractivity contribution in [2.24, 2.45) is 11.8 Å². The van der Waals surface area contributed by atoms with Crippen LogP contribution in [0.4, 0.5) is 4.79 Å². The maximum atomic E-state index is 13.8. The second-order valence-corrected chi connectivity index (χ2v) is 11.4. The molecule has 4 amide bonds. The van der Waals surface area contributed by atoms with Crippen LogP contribution in [0.15, 0.2) is 0 Å². The molecule has 4 atom stereocenters. The fourth-order valence-corrected chi connectivity index (χ4v) is 5.63. The van der Waals surface area contributed by atoms with E-state index in [0.717, 1.165) is 12.8 Å². The summed E-state index contributed by atoms with van der Waals surface area (Å²) in [5, 5.41) is 15.2. The van der Waals surface area contributed by atoms with E-state index in [2.05, 4.69) is 16.7 Å². The number of likely N-dealkylation sites (tertiary alicyclic amines) is 2. The first kappa shape index (κ1) is 25.3. The molecule has 0 bridgehead atoms. The van der Waals surface area contributed by atoms with Gasteiger partial charge in [-0.05, 0) is 65.2 Å². The van der Waals surface area contributed by atoms with Gasteiger partial charge in [0.1, 0.15) is 23.2 Å². The van der Waals surface area contributed by atoms with Gasteiger partial charge in [-0.25, -0.2) is 4.79 Å². The van der Waals surface area contributed by atoms with Crippen LogP contribution in [0, 0.1) is 23.2 Å². The summed E-state index contributed by atoms with van der Waals surface area (Å²) in [5.41, 5.74) is -1.64. The first-order valence-corrected chi connectivity index (χ1v) is 12.8. The molecule has 1 aliphatic carbocycles. The van der Waals surface area contributed by atoms with Crippen molar-refractivity contribution in [1.29, 1.82) is 5.26 Å². The summed E-state index contributed by atoms with van der Waals surface area (Å²) in [7, 11) is 0. The van der Waals surface area contributed by atoms with Gasteiger partial charge in [-0.2, -0.15) is 5.26 Å². The number of hydrogen-bond donors (Lipinski definition) is 2. The molecule has 4 fully saturated rings. The van der Waals surface area contributed by atoms with Gasteiger partial charge in [0.15, 0.2) is 0 Å². The second kappa shape index (κ2) is 9.67. The van der Waals surface area contributed by atoms with Crippen LogP contribution < -0.4 is 10.6 Å². The monoisotopic (exact) mass is 487 g/mol. The van der Waals surface area contributed by atoms with Crippen molar-refractivity contribution in [3.63, 3.8) is 0 Å². The zero-order chi connectivity index (χ0) is 25.4. The Balaban J connectivity index is 1.48. The molecule has 10 heteroatoms. The third kappa shape index (κ3) is 5.39. The van der Waals surface area contributed by atoms with Crippen molar-refractivity contribution in [1.82, 2.24) is 20.4 Å². The minimum Gasteiger partial charge on any atom is -0.444 e. The molecule has 0 aromatic heterocycles. The molecule has 4 rings (SSSR count). The summed E-state index contributed by atoms with van der Waals surface area (Å²) < 4.78 is 5.58. The lowest BCUT2D eigenvalue weighted by Gasteiger charge is -2.36. The molecule has 192 valence electrons. The van der Waals surface area contributed by atoms with E-state index in [1.807, 2.05) is 0 Å². The fourth-order valence-electron chi connectivity index (χ4n) is 5.63. The van der Waals surface area contributed by atoms with E-state index < -0.39 is 29.3 Å². The zero-order valence-corrected chi connectivity index (χ0v) is 21.0. The summed E-state index contributed by atoms with van der Waals surface area (Å²) in [5.74, 6) is -0.560. The van der Waals surface area contributed by atoms with Gasteiger partial charge in [0.05, 0.1) is 6.07 Å². The highest BCUT2D eigenvalue weighted by Gasteiger charge is 2.58. The Kier molecular flexibility index (Phi) is 6.98. The Morgan fingerprint density at radius 2 is 1.94 bits per heavy atom. The smallest absolute Gasteiger partial charge is 0.411 e. The Morgan fingerprint density at radius 3 is 2.54 bits per heavy atom. The number of ether oxygens (including phenoxy) is 1. The molecule has 0 radical (unpaired) electrons. The Labute approximate surface area is 206 Å². The summed E-state index contributed by atoms with van der Waals surface area (Å²) in [4.78, 5) is 55.3. The van der Waals surface area contributed by atoms with Gasteiger partial charge in [-0.15, -0.1) is 0 Å². The standard InChI is InChI=1S/C25H37N5O5/c1-24(2,3)35-23(34)30-11-4-8-25(30)9-12-29(22(25)33)19(13-16-5-6-16)21(32)28-18(15-26)14-17-7-10-27-20(17)31/h16-19H,4-14H2,1-3H3,(H,27,31)(H,28,32)/t17-,18-,19-,25?/m0/s1. The van der Waals surface area contributed by atoms with Gasteiger partial charge >= 0.3 is 6.09 Å². The highest BCUT2D eigenvalue weighted by molar-refractivity contribution is 5.96. The number of nitriles is 1. The molecular formula is C25H37N5O5. The van der Waals surface area contributed by atoms with Crippen molar-refractivity contribution in [2.45, 2.75) is 95.4 Å². The highest BCUT2D eigenvalue weighted by Crippen LogP contribution is 2.42. The molecule has 3 heterocycles. The van der Waals surface area contributed by atoms with Gasteiger partial charge in [-0.1, -0.05) is 12.8 Å². The Morgan fingerprint density at radius 1 is 1.20 bits per heavy atom. The van der Waals surface area contributed by atoms with Gasteiger partial charge in [-0.3, -0.25) is 19.3 Å². The maximum absolute atomic E-state index is 13.8. The number of hydrogen-bond acceptors (Lipinski definition) is 6. The molecule has 1 spiro atoms. The molecule has 0 aromatic carbocycles. The van der Waals surface area contributed by atoms with E-state index >= 15 is 0 Å². The van der Waals surface area contributed by atoms with Crippen molar-refractivity contribution in [3.05, 3.63) is 0 Å². The van der Waals surface area contributed by atoms with E-state index in [-0.39, 0.29) is 30.1 Å². The Hall–Kier alpha value is -2.83. The predicted molar refractivity (Wildman–Crippen MR) is 126 cm³/mol. The third-order valence-electron chi connectivity index (χ3n) is 7.62. The summed E-state index contributed by atoms with van der Waals surface area (Å²) >= 11 is 0. The average Bonchev–Trinajstić information content (AvgIpc) is 3.21. The summed E-state index contributed by atoms with van der Waals surface area (Å²) in [6.45, 7) is 6.81. The van der Waals surface area contributed by atoms with E-state index in [9.17, 15) is 24.4 Å². The normalized spacial score (nSPS) is 28.1. The van der Waals surface area contributed by atoms with Crippen molar-refractivity contribution >= 4 is 23.8 Å². The molecule has 0 aromatic rings. The van der Waals surface area contributed by atoms with Gasteiger partial charge < -0.3 is 20.3 Å². The van der Waals surface area contributed by atoms with Crippen LogP contribution in [0.1, 0.15) is 72.1 Å². The van der Waals surface area contributed by atoms with Crippen LogP contribution in [0.25, 0.3) is 0 Å². The maximum Gasteiger partial charge on any atom is 0.411 e. The van der Waals surface area contributed by atoms with Gasteiger partial charge in [0.25, 0.3) is 0 Å². The number of rotatable bonds is 7. The van der Waals surface area contributed by atoms with Gasteiger partial charge in [0, 0.05) is 25.6 Å². The minimum absolute atomic E-state index is 0.0887. The Bertz CT molecular complexity index is 920. The number of nitrogens with one attached hydrogen (secondary N) is 2. The molecule has 3 aliphatic heterocycles. The molecule has 1 saturated carbocycles. The largest absolute Gasteiger partial charge is 0.444 e. The van der Waals surface area contributed by atoms with Crippen LogP contribution in [-0.4, -0.2) is 76.5 Å². The molecule has 1 unspecified atom stereocenters. The van der Waals surface area contributed by atoms with Crippen molar-refractivity contribution in [3.8, 4) is 6.07 Å². The third-order valence-corrected chi connectivity index (χ3v) is 7.62. The predicted octanol–water partition coefficient (Wildman–Crippen LogP) is 1.69. The second-order valence-electron chi connectivity index (χ2n) is 11.4. The lowest BCUT2D eigenvalue weighted by Crippen LogP contribution is -2.57. The quantitative estimate of drug-likeness (QED) is 0.562. The van der Waals surface area contributed by atoms with Gasteiger partial charge in [0.2, 0.25) is 17.7 Å². The van der Waals surface area contributed by atoms with E-state index in [1.54, 1.807) is 30.6 Å². The molecule has 2 N–H and O–H groups in total. The topological polar surface area (TPSA) is 132 Å². The summed E-state index contributed by atoms with van der Waals surface area (Å²) in [6, 6.07) is 0.626. The van der Waals surface area contributed by atoms with E-state index in [4.69, 9.17) is 4.74 Å². The average molecular weight is 488 g/mol. The lowest BCUT2D eigenvalue weighted by atomic mass is 9.94. The molecule has 4 aliphatic rings. The number of nitrogens with zero attached hydrogens (tertiary/aromatic N) is 3. The fraction of sp³-hybridized carbons (Fsp3) is 0.800. The minimum atomic E-state index is -0.971. The van der Waals surface area contributed by atoms with Crippen LogP contribution in [0.5, 0.6) is 0 Å². The van der Waals surface area contributed by atoms with E-state index in [1.165, 1.54) is 0 Å². The SMILES string of the molecule is CC(C)(C)OC(=O)N1CCCC12CCN([C@@H](CC1CC1)C(=O)N[C@H](C#N)C[C@@H]1CCNC1=O)C2=O. The van der Waals surface area contributed by atoms with Crippen LogP contribution in [0.3, 0.4) is 0 Å². The molecule has 35 heavy (non-hydrogen) atoms. The highest BCUT2D eigenvalue weighted by atomic mass is 16.6. The first-order valence-electron chi connectivity index (χ1n) is 12.8. The zero-order valence-electron chi connectivity index (χ0n) is 21.0. The van der Waals surface area contributed by atoms with E-state index in [0.29, 0.717) is 57.7 Å². The van der Waals surface area contributed by atoms with Crippen molar-refractivity contribution in [2.75, 3.05) is 19.6 Å². The van der Waals surface area contributed by atoms with Crippen LogP contribution >= 0.6 is 0 Å². The lowest BCUT2D eigenvalue weighted by molar-refractivity contribution is -0.143. The van der Waals surface area contributed by atoms with Crippen LogP contribution in [0.2, 0.25) is 0 Å². The number of carbonyl (C=O) groups excluding carboxylic acids is 4. The number of carbonyl (C=O) groups is 4. The first-order chi connectivity index (χ1) is 16.5.